The minimum Gasteiger partial charge on any atom is -0.389 e. The van der Waals surface area contributed by atoms with Crippen molar-refractivity contribution in [2.45, 2.75) is 6.54 Å². The Morgan fingerprint density at radius 1 is 1.30 bits per heavy atom. The Morgan fingerprint density at radius 2 is 2.15 bits per heavy atom. The highest BCUT2D eigenvalue weighted by Gasteiger charge is 2.10. The van der Waals surface area contributed by atoms with Gasteiger partial charge in [0.15, 0.2) is 0 Å². The fourth-order valence-electron chi connectivity index (χ4n) is 2.02. The summed E-state index contributed by atoms with van der Waals surface area (Å²) in [4.78, 5) is 8.99. The molecular formula is C14H12N4S2. The molecule has 0 amide bonds. The lowest BCUT2D eigenvalue weighted by Gasteiger charge is -2.13. The number of thiazole rings is 1. The van der Waals surface area contributed by atoms with Crippen molar-refractivity contribution in [1.82, 2.24) is 9.97 Å². The van der Waals surface area contributed by atoms with Crippen molar-refractivity contribution in [2.75, 3.05) is 5.32 Å². The maximum atomic E-state index is 5.79. The molecule has 0 spiro atoms. The van der Waals surface area contributed by atoms with E-state index >= 15 is 0 Å². The van der Waals surface area contributed by atoms with Crippen LogP contribution in [0.4, 0.5) is 5.69 Å². The van der Waals surface area contributed by atoms with E-state index < -0.39 is 0 Å². The molecule has 3 rings (SSSR count). The van der Waals surface area contributed by atoms with Crippen LogP contribution in [0.2, 0.25) is 0 Å². The molecule has 3 N–H and O–H groups in total. The molecular weight excluding hydrogens is 288 g/mol. The number of hydrogen-bond acceptors (Lipinski definition) is 5. The minimum absolute atomic E-state index is 0.338. The van der Waals surface area contributed by atoms with Gasteiger partial charge in [0.1, 0.15) is 10.00 Å². The molecule has 0 aliphatic rings. The van der Waals surface area contributed by atoms with Gasteiger partial charge < -0.3 is 11.1 Å². The van der Waals surface area contributed by atoms with Gasteiger partial charge in [-0.1, -0.05) is 30.4 Å². The monoisotopic (exact) mass is 300 g/mol. The molecule has 4 nitrogen and oxygen atoms in total. The quantitative estimate of drug-likeness (QED) is 0.725. The van der Waals surface area contributed by atoms with Crippen molar-refractivity contribution < 1.29 is 0 Å². The first-order valence-corrected chi connectivity index (χ1v) is 7.34. The second-order valence-electron chi connectivity index (χ2n) is 4.21. The number of rotatable bonds is 4. The number of nitrogens with two attached hydrogens (primary N) is 1. The molecule has 20 heavy (non-hydrogen) atoms. The van der Waals surface area contributed by atoms with E-state index in [9.17, 15) is 0 Å². The molecule has 0 aliphatic carbocycles. The van der Waals surface area contributed by atoms with Gasteiger partial charge in [-0.05, 0) is 6.07 Å². The third kappa shape index (κ3) is 2.48. The summed E-state index contributed by atoms with van der Waals surface area (Å²) in [5.74, 6) is 0. The van der Waals surface area contributed by atoms with E-state index in [4.69, 9.17) is 18.0 Å². The number of para-hydroxylation sites is 1. The van der Waals surface area contributed by atoms with E-state index in [0.717, 1.165) is 27.2 Å². The van der Waals surface area contributed by atoms with Crippen LogP contribution in [-0.4, -0.2) is 15.0 Å². The van der Waals surface area contributed by atoms with Gasteiger partial charge in [-0.15, -0.1) is 11.3 Å². The molecule has 1 aromatic carbocycles. The van der Waals surface area contributed by atoms with Gasteiger partial charge in [0.2, 0.25) is 0 Å². The van der Waals surface area contributed by atoms with E-state index in [1.165, 1.54) is 0 Å². The van der Waals surface area contributed by atoms with Crippen LogP contribution in [0.1, 0.15) is 10.6 Å². The third-order valence-corrected chi connectivity index (χ3v) is 3.94. The second-order valence-corrected chi connectivity index (χ2v) is 5.63. The van der Waals surface area contributed by atoms with Crippen molar-refractivity contribution in [3.8, 4) is 0 Å². The summed E-state index contributed by atoms with van der Waals surface area (Å²) in [5.41, 5.74) is 8.38. The van der Waals surface area contributed by atoms with E-state index in [2.05, 4.69) is 15.3 Å². The molecule has 2 heterocycles. The number of pyridine rings is 1. The predicted molar refractivity (Wildman–Crippen MR) is 87.1 cm³/mol. The smallest absolute Gasteiger partial charge is 0.112 e. The summed E-state index contributed by atoms with van der Waals surface area (Å²) in [6.45, 7) is 0.640. The maximum Gasteiger partial charge on any atom is 0.112 e. The van der Waals surface area contributed by atoms with E-state index in [-0.39, 0.29) is 0 Å². The first-order valence-electron chi connectivity index (χ1n) is 6.05. The highest BCUT2D eigenvalue weighted by molar-refractivity contribution is 7.80. The summed E-state index contributed by atoms with van der Waals surface area (Å²) in [7, 11) is 0. The Hall–Kier alpha value is -2.05. The van der Waals surface area contributed by atoms with Crippen LogP contribution in [0.25, 0.3) is 10.9 Å². The molecule has 0 atom stereocenters. The predicted octanol–water partition coefficient (Wildman–Crippen LogP) is 2.94. The van der Waals surface area contributed by atoms with Crippen LogP contribution in [-0.2, 0) is 6.54 Å². The van der Waals surface area contributed by atoms with Crippen molar-refractivity contribution >= 4 is 45.1 Å². The molecule has 0 unspecified atom stereocenters. The zero-order chi connectivity index (χ0) is 13.9. The largest absolute Gasteiger partial charge is 0.389 e. The van der Waals surface area contributed by atoms with E-state index in [1.54, 1.807) is 23.7 Å². The lowest BCUT2D eigenvalue weighted by atomic mass is 10.1. The standard InChI is InChI=1S/C14H12N4S2/c15-14(19)10-7-17-11-4-2-1-3-9(11)13(10)18-8-12-16-5-6-20-12/h1-7H,8H2,(H2,15,19)(H,17,18). The summed E-state index contributed by atoms with van der Waals surface area (Å²) < 4.78 is 0. The van der Waals surface area contributed by atoms with Gasteiger partial charge in [-0.2, -0.15) is 0 Å². The Kier molecular flexibility index (Phi) is 3.58. The first-order chi connectivity index (χ1) is 9.75. The zero-order valence-corrected chi connectivity index (χ0v) is 12.2. The van der Waals surface area contributed by atoms with Crippen molar-refractivity contribution in [1.29, 1.82) is 0 Å². The van der Waals surface area contributed by atoms with E-state index in [1.807, 2.05) is 29.6 Å². The lowest BCUT2D eigenvalue weighted by Crippen LogP contribution is -2.14. The first kappa shape index (κ1) is 13.0. The van der Waals surface area contributed by atoms with Gasteiger partial charge >= 0.3 is 0 Å². The van der Waals surface area contributed by atoms with Crippen molar-refractivity contribution in [3.63, 3.8) is 0 Å². The van der Waals surface area contributed by atoms with Crippen molar-refractivity contribution in [3.05, 3.63) is 52.6 Å². The molecule has 3 aromatic rings. The highest BCUT2D eigenvalue weighted by Crippen LogP contribution is 2.26. The maximum absolute atomic E-state index is 5.79. The molecule has 2 aromatic heterocycles. The Bertz CT molecular complexity index is 753. The number of nitrogens with zero attached hydrogens (tertiary/aromatic N) is 2. The highest BCUT2D eigenvalue weighted by atomic mass is 32.1. The Morgan fingerprint density at radius 3 is 2.90 bits per heavy atom. The fraction of sp³-hybridized carbons (Fsp3) is 0.0714. The molecule has 0 saturated carbocycles. The molecule has 0 aliphatic heterocycles. The topological polar surface area (TPSA) is 63.8 Å². The Labute approximate surface area is 125 Å². The van der Waals surface area contributed by atoms with Gasteiger partial charge in [-0.3, -0.25) is 4.98 Å². The molecule has 6 heteroatoms. The van der Waals surface area contributed by atoms with Crippen LogP contribution in [0.15, 0.2) is 42.0 Å². The third-order valence-electron chi connectivity index (χ3n) is 2.94. The molecule has 0 fully saturated rings. The average Bonchev–Trinajstić information content (AvgIpc) is 2.97. The summed E-state index contributed by atoms with van der Waals surface area (Å²) >= 11 is 6.72. The number of anilines is 1. The van der Waals surface area contributed by atoms with Gasteiger partial charge in [-0.25, -0.2) is 4.98 Å². The zero-order valence-electron chi connectivity index (χ0n) is 10.5. The van der Waals surface area contributed by atoms with Crippen LogP contribution in [0.3, 0.4) is 0 Å². The molecule has 0 radical (unpaired) electrons. The number of fused-ring (bicyclic) bond motifs is 1. The Balaban J connectivity index is 2.05. The summed E-state index contributed by atoms with van der Waals surface area (Å²) in [6, 6.07) is 7.91. The SMILES string of the molecule is NC(=S)c1cnc2ccccc2c1NCc1nccs1. The minimum atomic E-state index is 0.338. The lowest BCUT2D eigenvalue weighted by molar-refractivity contribution is 1.10. The summed E-state index contributed by atoms with van der Waals surface area (Å²) in [6.07, 6.45) is 3.51. The van der Waals surface area contributed by atoms with Crippen molar-refractivity contribution in [2.24, 2.45) is 5.73 Å². The number of nitrogens with one attached hydrogen (secondary N) is 1. The van der Waals surface area contributed by atoms with Crippen LogP contribution < -0.4 is 11.1 Å². The number of hydrogen-bond donors (Lipinski definition) is 2. The fourth-order valence-corrected chi connectivity index (χ4v) is 2.73. The number of thiocarbonyl (C=S) groups is 1. The number of aromatic nitrogens is 2. The second kappa shape index (κ2) is 5.52. The van der Waals surface area contributed by atoms with Gasteiger partial charge in [0, 0.05) is 23.2 Å². The summed E-state index contributed by atoms with van der Waals surface area (Å²) in [5, 5.41) is 7.36. The molecule has 0 saturated heterocycles. The normalized spacial score (nSPS) is 10.6. The number of benzene rings is 1. The molecule has 100 valence electrons. The van der Waals surface area contributed by atoms with E-state index in [0.29, 0.717) is 11.5 Å². The van der Waals surface area contributed by atoms with Gasteiger partial charge in [0.05, 0.1) is 23.3 Å². The van der Waals surface area contributed by atoms with Gasteiger partial charge in [0.25, 0.3) is 0 Å². The molecule has 0 bridgehead atoms. The van der Waals surface area contributed by atoms with Crippen LogP contribution in [0.5, 0.6) is 0 Å². The van der Waals surface area contributed by atoms with Crippen LogP contribution >= 0.6 is 23.6 Å². The van der Waals surface area contributed by atoms with Crippen LogP contribution in [0, 0.1) is 0 Å². The average molecular weight is 300 g/mol.